The average Bonchev–Trinajstić information content (AvgIpc) is 2.52. The molecule has 2 aromatic carbocycles. The van der Waals surface area contributed by atoms with Crippen LogP contribution in [-0.4, -0.2) is 23.8 Å². The quantitative estimate of drug-likeness (QED) is 0.605. The molecule has 0 aliphatic heterocycles. The molecular weight excluding hydrogens is 258 g/mol. The Labute approximate surface area is 126 Å². The molecule has 0 aliphatic carbocycles. The van der Waals surface area contributed by atoms with Crippen molar-refractivity contribution in [3.05, 3.63) is 71.8 Å². The van der Waals surface area contributed by atoms with Gasteiger partial charge in [0.25, 0.3) is 0 Å². The first kappa shape index (κ1) is 15.3. The van der Waals surface area contributed by atoms with E-state index in [2.05, 4.69) is 36.1 Å². The minimum atomic E-state index is -0.0464. The van der Waals surface area contributed by atoms with E-state index < -0.39 is 0 Å². The van der Waals surface area contributed by atoms with Gasteiger partial charge in [-0.15, -0.1) is 0 Å². The Morgan fingerprint density at radius 1 is 1.05 bits per heavy atom. The van der Waals surface area contributed by atoms with Crippen molar-refractivity contribution in [2.45, 2.75) is 19.4 Å². The largest absolute Gasteiger partial charge is 0.387 e. The number of hydrogen-bond donors (Lipinski definition) is 2. The summed E-state index contributed by atoms with van der Waals surface area (Å²) >= 11 is 0. The van der Waals surface area contributed by atoms with Crippen LogP contribution in [0.5, 0.6) is 0 Å². The molecule has 0 bridgehead atoms. The highest BCUT2D eigenvalue weighted by Gasteiger charge is 2.18. The molecule has 0 radical (unpaired) electrons. The molecule has 0 aliphatic rings. The molecule has 3 nitrogen and oxygen atoms in total. The number of hydrogen-bond acceptors (Lipinski definition) is 2. The van der Waals surface area contributed by atoms with Crippen LogP contribution in [0.2, 0.25) is 0 Å². The third-order valence-corrected chi connectivity index (χ3v) is 3.71. The second-order valence-electron chi connectivity index (χ2n) is 5.23. The van der Waals surface area contributed by atoms with Crippen LogP contribution in [-0.2, 0) is 6.54 Å². The van der Waals surface area contributed by atoms with Gasteiger partial charge in [-0.1, -0.05) is 67.6 Å². The second kappa shape index (κ2) is 7.60. The van der Waals surface area contributed by atoms with Gasteiger partial charge in [-0.25, -0.2) is 0 Å². The Kier molecular flexibility index (Phi) is 5.52. The van der Waals surface area contributed by atoms with Crippen LogP contribution in [0.25, 0.3) is 0 Å². The zero-order valence-corrected chi connectivity index (χ0v) is 12.5. The summed E-state index contributed by atoms with van der Waals surface area (Å²) in [7, 11) is 0. The highest BCUT2D eigenvalue weighted by atomic mass is 15.1. The van der Waals surface area contributed by atoms with Crippen LogP contribution < -0.4 is 5.73 Å². The standard InChI is InChI=1S/C18H23N3/c1-2-21(13-15-9-5-3-6-10-15)14-17(18(19)20)16-11-7-4-8-12-16/h3-12,17H,2,13-14H2,1H3,(H3,19,20). The maximum atomic E-state index is 7.89. The summed E-state index contributed by atoms with van der Waals surface area (Å²) in [4.78, 5) is 2.33. The number of amidine groups is 1. The van der Waals surface area contributed by atoms with Crippen molar-refractivity contribution in [3.63, 3.8) is 0 Å². The lowest BCUT2D eigenvalue weighted by atomic mass is 9.97. The zero-order valence-electron chi connectivity index (χ0n) is 12.5. The predicted octanol–water partition coefficient (Wildman–Crippen LogP) is 3.23. The van der Waals surface area contributed by atoms with Crippen molar-refractivity contribution < 1.29 is 0 Å². The van der Waals surface area contributed by atoms with Crippen molar-refractivity contribution in [2.75, 3.05) is 13.1 Å². The highest BCUT2D eigenvalue weighted by Crippen LogP contribution is 2.18. The molecule has 3 N–H and O–H groups in total. The molecule has 0 spiro atoms. The summed E-state index contributed by atoms with van der Waals surface area (Å²) in [6.45, 7) is 4.73. The summed E-state index contributed by atoms with van der Waals surface area (Å²) in [5.41, 5.74) is 8.22. The molecule has 1 unspecified atom stereocenters. The lowest BCUT2D eigenvalue weighted by Gasteiger charge is -2.26. The SMILES string of the molecule is CCN(Cc1ccccc1)CC(C(=N)N)c1ccccc1. The van der Waals surface area contributed by atoms with Gasteiger partial charge >= 0.3 is 0 Å². The normalized spacial score (nSPS) is 12.3. The molecule has 2 aromatic rings. The maximum absolute atomic E-state index is 7.89. The third-order valence-electron chi connectivity index (χ3n) is 3.71. The fourth-order valence-corrected chi connectivity index (χ4v) is 2.47. The lowest BCUT2D eigenvalue weighted by Crippen LogP contribution is -2.34. The summed E-state index contributed by atoms with van der Waals surface area (Å²) in [6.07, 6.45) is 0. The topological polar surface area (TPSA) is 53.1 Å². The molecule has 2 rings (SSSR count). The predicted molar refractivity (Wildman–Crippen MR) is 88.5 cm³/mol. The van der Waals surface area contributed by atoms with Gasteiger partial charge in [0.15, 0.2) is 0 Å². The third kappa shape index (κ3) is 4.43. The molecule has 110 valence electrons. The number of nitrogens with two attached hydrogens (primary N) is 1. The van der Waals surface area contributed by atoms with Gasteiger partial charge in [-0.3, -0.25) is 10.3 Å². The van der Waals surface area contributed by atoms with Crippen LogP contribution in [0.1, 0.15) is 24.0 Å². The van der Waals surface area contributed by atoms with E-state index in [4.69, 9.17) is 11.1 Å². The molecule has 1 atom stereocenters. The van der Waals surface area contributed by atoms with Crippen molar-refractivity contribution in [2.24, 2.45) is 5.73 Å². The molecule has 0 saturated heterocycles. The minimum absolute atomic E-state index is 0.0464. The fraction of sp³-hybridized carbons (Fsp3) is 0.278. The number of likely N-dealkylation sites (N-methyl/N-ethyl adjacent to an activating group) is 1. The van der Waals surface area contributed by atoms with Gasteiger partial charge in [-0.2, -0.15) is 0 Å². The first-order valence-corrected chi connectivity index (χ1v) is 7.35. The van der Waals surface area contributed by atoms with E-state index in [1.165, 1.54) is 5.56 Å². The van der Waals surface area contributed by atoms with Gasteiger partial charge in [0.1, 0.15) is 0 Å². The molecule has 0 fully saturated rings. The van der Waals surface area contributed by atoms with E-state index in [-0.39, 0.29) is 11.8 Å². The molecule has 0 saturated carbocycles. The minimum Gasteiger partial charge on any atom is -0.387 e. The molecule has 3 heteroatoms. The van der Waals surface area contributed by atoms with E-state index in [1.807, 2.05) is 36.4 Å². The van der Waals surface area contributed by atoms with Crippen LogP contribution in [0, 0.1) is 5.41 Å². The summed E-state index contributed by atoms with van der Waals surface area (Å²) in [5, 5.41) is 7.89. The second-order valence-corrected chi connectivity index (χ2v) is 5.23. The summed E-state index contributed by atoms with van der Waals surface area (Å²) in [5.74, 6) is 0.183. The molecule has 0 aromatic heterocycles. The zero-order chi connectivity index (χ0) is 15.1. The van der Waals surface area contributed by atoms with Crippen molar-refractivity contribution in [1.29, 1.82) is 5.41 Å². The van der Waals surface area contributed by atoms with Gasteiger partial charge in [0, 0.05) is 13.1 Å². The van der Waals surface area contributed by atoms with E-state index >= 15 is 0 Å². The van der Waals surface area contributed by atoms with E-state index in [1.54, 1.807) is 0 Å². The number of rotatable bonds is 7. The molecule has 0 heterocycles. The molecule has 0 amide bonds. The van der Waals surface area contributed by atoms with Gasteiger partial charge in [0.2, 0.25) is 0 Å². The van der Waals surface area contributed by atoms with Crippen LogP contribution in [0.3, 0.4) is 0 Å². The molecular formula is C18H23N3. The smallest absolute Gasteiger partial charge is 0.0995 e. The Hall–Kier alpha value is -2.13. The fourth-order valence-electron chi connectivity index (χ4n) is 2.47. The van der Waals surface area contributed by atoms with Crippen LogP contribution >= 0.6 is 0 Å². The number of benzene rings is 2. The van der Waals surface area contributed by atoms with Crippen molar-refractivity contribution >= 4 is 5.84 Å². The highest BCUT2D eigenvalue weighted by molar-refractivity contribution is 5.84. The Bertz CT molecular complexity index is 551. The van der Waals surface area contributed by atoms with Crippen molar-refractivity contribution in [3.8, 4) is 0 Å². The van der Waals surface area contributed by atoms with E-state index in [9.17, 15) is 0 Å². The first-order chi connectivity index (χ1) is 10.2. The Morgan fingerprint density at radius 3 is 2.14 bits per heavy atom. The Balaban J connectivity index is 2.09. The van der Waals surface area contributed by atoms with Crippen LogP contribution in [0.4, 0.5) is 0 Å². The van der Waals surface area contributed by atoms with Crippen LogP contribution in [0.15, 0.2) is 60.7 Å². The van der Waals surface area contributed by atoms with Gasteiger partial charge in [-0.05, 0) is 17.7 Å². The monoisotopic (exact) mass is 281 g/mol. The average molecular weight is 281 g/mol. The summed E-state index contributed by atoms with van der Waals surface area (Å²) < 4.78 is 0. The Morgan fingerprint density at radius 2 is 1.62 bits per heavy atom. The summed E-state index contributed by atoms with van der Waals surface area (Å²) in [6, 6.07) is 20.5. The van der Waals surface area contributed by atoms with Gasteiger partial charge < -0.3 is 5.73 Å². The van der Waals surface area contributed by atoms with Crippen molar-refractivity contribution in [1.82, 2.24) is 4.90 Å². The van der Waals surface area contributed by atoms with E-state index in [0.29, 0.717) is 0 Å². The number of nitrogens with zero attached hydrogens (tertiary/aromatic N) is 1. The number of nitrogens with one attached hydrogen (secondary N) is 1. The maximum Gasteiger partial charge on any atom is 0.0995 e. The van der Waals surface area contributed by atoms with Gasteiger partial charge in [0.05, 0.1) is 11.8 Å². The first-order valence-electron chi connectivity index (χ1n) is 7.35. The van der Waals surface area contributed by atoms with E-state index in [0.717, 1.165) is 25.2 Å². The molecule has 21 heavy (non-hydrogen) atoms. The lowest BCUT2D eigenvalue weighted by molar-refractivity contribution is 0.276.